The minimum Gasteiger partial charge on any atom is -0.383 e. The van der Waals surface area contributed by atoms with Gasteiger partial charge in [0.25, 0.3) is 0 Å². The van der Waals surface area contributed by atoms with Crippen LogP contribution in [-0.4, -0.2) is 51.3 Å². The first-order valence-corrected chi connectivity index (χ1v) is 5.42. The molecule has 0 fully saturated rings. The van der Waals surface area contributed by atoms with Crippen molar-refractivity contribution < 1.29 is 4.74 Å². The first kappa shape index (κ1) is 13.9. The molecule has 0 aliphatic carbocycles. The Bertz CT molecular complexity index is 144. The molecule has 3 heteroatoms. The van der Waals surface area contributed by atoms with E-state index in [1.165, 1.54) is 0 Å². The molecule has 1 N–H and O–H groups in total. The van der Waals surface area contributed by atoms with Crippen LogP contribution in [-0.2, 0) is 4.74 Å². The first-order chi connectivity index (χ1) is 6.58. The van der Waals surface area contributed by atoms with Gasteiger partial charge < -0.3 is 15.0 Å². The van der Waals surface area contributed by atoms with E-state index in [-0.39, 0.29) is 5.54 Å². The van der Waals surface area contributed by atoms with Crippen LogP contribution >= 0.6 is 0 Å². The van der Waals surface area contributed by atoms with Crippen LogP contribution in [0.15, 0.2) is 0 Å². The number of methoxy groups -OCH3 is 1. The van der Waals surface area contributed by atoms with Crippen molar-refractivity contribution in [1.29, 1.82) is 0 Å². The summed E-state index contributed by atoms with van der Waals surface area (Å²) in [7, 11) is 8.06. The molecule has 0 aromatic carbocycles. The third kappa shape index (κ3) is 2.69. The number of ether oxygens (including phenoxy) is 1. The van der Waals surface area contributed by atoms with Gasteiger partial charge in [-0.3, -0.25) is 0 Å². The molecule has 0 amide bonds. The Morgan fingerprint density at radius 1 is 1.29 bits per heavy atom. The fourth-order valence-corrected chi connectivity index (χ4v) is 2.36. The van der Waals surface area contributed by atoms with Crippen LogP contribution in [0.5, 0.6) is 0 Å². The zero-order valence-electron chi connectivity index (χ0n) is 10.6. The van der Waals surface area contributed by atoms with Gasteiger partial charge in [0.05, 0.1) is 6.61 Å². The van der Waals surface area contributed by atoms with Gasteiger partial charge in [-0.25, -0.2) is 0 Å². The smallest absolute Gasteiger partial charge is 0.0633 e. The lowest BCUT2D eigenvalue weighted by atomic mass is 9.83. The molecule has 3 nitrogen and oxygen atoms in total. The summed E-state index contributed by atoms with van der Waals surface area (Å²) >= 11 is 0. The summed E-state index contributed by atoms with van der Waals surface area (Å²) in [6.45, 7) is 5.24. The minimum atomic E-state index is 0.199. The van der Waals surface area contributed by atoms with Gasteiger partial charge in [0.15, 0.2) is 0 Å². The summed E-state index contributed by atoms with van der Waals surface area (Å²) in [6.07, 6.45) is 2.26. The van der Waals surface area contributed by atoms with E-state index >= 15 is 0 Å². The highest BCUT2D eigenvalue weighted by Crippen LogP contribution is 2.25. The molecule has 14 heavy (non-hydrogen) atoms. The van der Waals surface area contributed by atoms with Gasteiger partial charge >= 0.3 is 0 Å². The topological polar surface area (TPSA) is 24.5 Å². The lowest BCUT2D eigenvalue weighted by Gasteiger charge is -2.44. The van der Waals surface area contributed by atoms with Crippen LogP contribution < -0.4 is 5.32 Å². The molecule has 0 spiro atoms. The van der Waals surface area contributed by atoms with Crippen molar-refractivity contribution in [3.05, 3.63) is 0 Å². The summed E-state index contributed by atoms with van der Waals surface area (Å²) < 4.78 is 5.27. The lowest BCUT2D eigenvalue weighted by Crippen LogP contribution is -2.59. The molecule has 0 rings (SSSR count). The van der Waals surface area contributed by atoms with Crippen molar-refractivity contribution >= 4 is 0 Å². The number of hydrogen-bond donors (Lipinski definition) is 1. The fraction of sp³-hybridized carbons (Fsp3) is 1.00. The van der Waals surface area contributed by atoms with Crippen molar-refractivity contribution in [3.63, 3.8) is 0 Å². The third-order valence-corrected chi connectivity index (χ3v) is 3.45. The zero-order chi connectivity index (χ0) is 11.2. The molecule has 0 aliphatic heterocycles. The molecule has 0 bridgehead atoms. The van der Waals surface area contributed by atoms with Crippen molar-refractivity contribution in [2.45, 2.75) is 38.3 Å². The molecule has 0 radical (unpaired) electrons. The molecule has 0 aliphatic rings. The SMILES string of the molecule is CCC(CC)(C(COC)NC)N(C)C. The molecule has 0 heterocycles. The maximum Gasteiger partial charge on any atom is 0.0633 e. The molecule has 1 unspecified atom stereocenters. The Labute approximate surface area is 88.8 Å². The number of nitrogens with zero attached hydrogens (tertiary/aromatic N) is 1. The molecule has 0 aromatic heterocycles. The van der Waals surface area contributed by atoms with Crippen molar-refractivity contribution in [3.8, 4) is 0 Å². The largest absolute Gasteiger partial charge is 0.383 e. The molecule has 0 saturated carbocycles. The highest BCUT2D eigenvalue weighted by Gasteiger charge is 2.36. The quantitative estimate of drug-likeness (QED) is 0.674. The third-order valence-electron chi connectivity index (χ3n) is 3.45. The van der Waals surface area contributed by atoms with E-state index in [0.717, 1.165) is 19.4 Å². The Kier molecular flexibility index (Phi) is 6.33. The van der Waals surface area contributed by atoms with Gasteiger partial charge in [-0.2, -0.15) is 0 Å². The Morgan fingerprint density at radius 2 is 1.79 bits per heavy atom. The van der Waals surface area contributed by atoms with Crippen LogP contribution in [0.25, 0.3) is 0 Å². The normalized spacial score (nSPS) is 14.8. The van der Waals surface area contributed by atoms with Crippen LogP contribution in [0.1, 0.15) is 26.7 Å². The average molecular weight is 202 g/mol. The van der Waals surface area contributed by atoms with Crippen LogP contribution in [0.4, 0.5) is 0 Å². The molecular weight excluding hydrogens is 176 g/mol. The predicted molar refractivity (Wildman–Crippen MR) is 61.7 cm³/mol. The monoisotopic (exact) mass is 202 g/mol. The Balaban J connectivity index is 4.73. The second-order valence-electron chi connectivity index (χ2n) is 4.00. The minimum absolute atomic E-state index is 0.199. The molecule has 86 valence electrons. The van der Waals surface area contributed by atoms with E-state index in [4.69, 9.17) is 4.74 Å². The van der Waals surface area contributed by atoms with Crippen molar-refractivity contribution in [2.24, 2.45) is 0 Å². The molecule has 1 atom stereocenters. The number of rotatable bonds is 7. The van der Waals surface area contributed by atoms with Crippen LogP contribution in [0.3, 0.4) is 0 Å². The standard InChI is InChI=1S/C11H26N2O/c1-7-11(8-2,13(4)5)10(12-3)9-14-6/h10,12H,7-9H2,1-6H3. The second-order valence-corrected chi connectivity index (χ2v) is 4.00. The van der Waals surface area contributed by atoms with Crippen LogP contribution in [0.2, 0.25) is 0 Å². The maximum absolute atomic E-state index is 5.27. The summed E-state index contributed by atoms with van der Waals surface area (Å²) in [6, 6.07) is 0.387. The average Bonchev–Trinajstić information content (AvgIpc) is 2.18. The van der Waals surface area contributed by atoms with Gasteiger partial charge in [-0.05, 0) is 34.0 Å². The molecular formula is C11H26N2O. The number of hydrogen-bond acceptors (Lipinski definition) is 3. The van der Waals surface area contributed by atoms with Gasteiger partial charge in [-0.1, -0.05) is 13.8 Å². The lowest BCUT2D eigenvalue weighted by molar-refractivity contribution is 0.0445. The summed E-state index contributed by atoms with van der Waals surface area (Å²) in [5.74, 6) is 0. The fourth-order valence-electron chi connectivity index (χ4n) is 2.36. The number of likely N-dealkylation sites (N-methyl/N-ethyl adjacent to an activating group) is 2. The molecule has 0 aromatic rings. The van der Waals surface area contributed by atoms with E-state index in [2.05, 4.69) is 38.2 Å². The van der Waals surface area contributed by atoms with Gasteiger partial charge in [0.2, 0.25) is 0 Å². The van der Waals surface area contributed by atoms with Gasteiger partial charge in [-0.15, -0.1) is 0 Å². The summed E-state index contributed by atoms with van der Waals surface area (Å²) in [4.78, 5) is 2.31. The van der Waals surface area contributed by atoms with E-state index in [0.29, 0.717) is 6.04 Å². The predicted octanol–water partition coefficient (Wildman–Crippen LogP) is 1.34. The zero-order valence-corrected chi connectivity index (χ0v) is 10.6. The van der Waals surface area contributed by atoms with Gasteiger partial charge in [0.1, 0.15) is 0 Å². The van der Waals surface area contributed by atoms with Crippen LogP contribution in [0, 0.1) is 0 Å². The Morgan fingerprint density at radius 3 is 2.00 bits per heavy atom. The Hall–Kier alpha value is -0.120. The van der Waals surface area contributed by atoms with E-state index in [1.54, 1.807) is 7.11 Å². The van der Waals surface area contributed by atoms with Crippen molar-refractivity contribution in [2.75, 3.05) is 34.9 Å². The van der Waals surface area contributed by atoms with E-state index in [9.17, 15) is 0 Å². The first-order valence-electron chi connectivity index (χ1n) is 5.42. The highest BCUT2D eigenvalue weighted by molar-refractivity contribution is 4.96. The second kappa shape index (κ2) is 6.38. The van der Waals surface area contributed by atoms with Gasteiger partial charge in [0, 0.05) is 18.7 Å². The van der Waals surface area contributed by atoms with Crippen molar-refractivity contribution in [1.82, 2.24) is 10.2 Å². The number of nitrogens with one attached hydrogen (secondary N) is 1. The molecule has 0 saturated heterocycles. The van der Waals surface area contributed by atoms with E-state index < -0.39 is 0 Å². The summed E-state index contributed by atoms with van der Waals surface area (Å²) in [5, 5.41) is 3.36. The summed E-state index contributed by atoms with van der Waals surface area (Å²) in [5.41, 5.74) is 0.199. The maximum atomic E-state index is 5.27. The highest BCUT2D eigenvalue weighted by atomic mass is 16.5. The van der Waals surface area contributed by atoms with E-state index in [1.807, 2.05) is 7.05 Å².